The highest BCUT2D eigenvalue weighted by Crippen LogP contribution is 2.30. The number of rotatable bonds is 8. The Kier molecular flexibility index (Phi) is 6.18. The summed E-state index contributed by atoms with van der Waals surface area (Å²) >= 11 is 0. The van der Waals surface area contributed by atoms with Crippen LogP contribution in [0.2, 0.25) is 0 Å². The molecule has 0 atom stereocenters. The van der Waals surface area contributed by atoms with Gasteiger partial charge >= 0.3 is 0 Å². The first kappa shape index (κ1) is 14.7. The number of ketones is 1. The number of hydrogen-bond donors (Lipinski definition) is 0. The van der Waals surface area contributed by atoms with Crippen LogP contribution in [0.15, 0.2) is 0 Å². The zero-order chi connectivity index (χ0) is 12.7. The second-order valence-corrected chi connectivity index (χ2v) is 5.31. The first-order chi connectivity index (χ1) is 8.21. The van der Waals surface area contributed by atoms with Gasteiger partial charge in [-0.1, -0.05) is 33.6 Å². The minimum atomic E-state index is -0.135. The van der Waals surface area contributed by atoms with Crippen molar-refractivity contribution in [1.82, 2.24) is 4.90 Å². The normalized spacial score (nSPS) is 17.6. The summed E-state index contributed by atoms with van der Waals surface area (Å²) in [6.45, 7) is 8.80. The SMILES string of the molecule is CCCCCC(=O)C(CC)(CC)N1CCCC1. The van der Waals surface area contributed by atoms with Crippen molar-refractivity contribution in [2.45, 2.75) is 77.7 Å². The van der Waals surface area contributed by atoms with Crippen LogP contribution in [-0.4, -0.2) is 29.3 Å². The lowest BCUT2D eigenvalue weighted by molar-refractivity contribution is -0.131. The average Bonchev–Trinajstić information content (AvgIpc) is 2.86. The van der Waals surface area contributed by atoms with Gasteiger partial charge in [0, 0.05) is 6.42 Å². The fourth-order valence-corrected chi connectivity index (χ4v) is 3.18. The van der Waals surface area contributed by atoms with Crippen LogP contribution >= 0.6 is 0 Å². The van der Waals surface area contributed by atoms with Gasteiger partial charge in [-0.25, -0.2) is 0 Å². The molecule has 0 aromatic rings. The van der Waals surface area contributed by atoms with Gasteiger partial charge in [-0.2, -0.15) is 0 Å². The molecule has 100 valence electrons. The topological polar surface area (TPSA) is 20.3 Å². The van der Waals surface area contributed by atoms with Crippen molar-refractivity contribution in [3.63, 3.8) is 0 Å². The van der Waals surface area contributed by atoms with Gasteiger partial charge in [0.1, 0.15) is 0 Å². The van der Waals surface area contributed by atoms with Crippen molar-refractivity contribution in [2.24, 2.45) is 0 Å². The summed E-state index contributed by atoms with van der Waals surface area (Å²) in [6, 6.07) is 0. The number of likely N-dealkylation sites (tertiary alicyclic amines) is 1. The van der Waals surface area contributed by atoms with Crippen LogP contribution < -0.4 is 0 Å². The fourth-order valence-electron chi connectivity index (χ4n) is 3.18. The van der Waals surface area contributed by atoms with Gasteiger partial charge in [0.05, 0.1) is 5.54 Å². The van der Waals surface area contributed by atoms with Crippen LogP contribution in [0.1, 0.15) is 72.1 Å². The van der Waals surface area contributed by atoms with Crippen molar-refractivity contribution in [2.75, 3.05) is 13.1 Å². The summed E-state index contributed by atoms with van der Waals surface area (Å²) < 4.78 is 0. The van der Waals surface area contributed by atoms with E-state index in [0.717, 1.165) is 38.8 Å². The van der Waals surface area contributed by atoms with Gasteiger partial charge in [0.25, 0.3) is 0 Å². The molecule has 0 aromatic carbocycles. The van der Waals surface area contributed by atoms with E-state index in [2.05, 4.69) is 25.7 Å². The first-order valence-electron chi connectivity index (χ1n) is 7.49. The van der Waals surface area contributed by atoms with E-state index in [-0.39, 0.29) is 5.54 Å². The van der Waals surface area contributed by atoms with Crippen molar-refractivity contribution < 1.29 is 4.79 Å². The summed E-state index contributed by atoms with van der Waals surface area (Å²) in [5.41, 5.74) is -0.135. The Labute approximate surface area is 107 Å². The molecule has 1 aliphatic heterocycles. The molecule has 1 heterocycles. The van der Waals surface area contributed by atoms with E-state index in [0.29, 0.717) is 5.78 Å². The summed E-state index contributed by atoms with van der Waals surface area (Å²) in [6.07, 6.45) is 8.74. The summed E-state index contributed by atoms with van der Waals surface area (Å²) in [5.74, 6) is 0.498. The lowest BCUT2D eigenvalue weighted by Gasteiger charge is -2.39. The van der Waals surface area contributed by atoms with E-state index in [1.54, 1.807) is 0 Å². The van der Waals surface area contributed by atoms with E-state index >= 15 is 0 Å². The molecule has 0 aliphatic carbocycles. The van der Waals surface area contributed by atoms with Gasteiger partial charge in [-0.3, -0.25) is 9.69 Å². The summed E-state index contributed by atoms with van der Waals surface area (Å²) in [4.78, 5) is 15.0. The molecule has 1 fully saturated rings. The van der Waals surface area contributed by atoms with Crippen LogP contribution in [0.4, 0.5) is 0 Å². The van der Waals surface area contributed by atoms with Crippen molar-refractivity contribution in [3.05, 3.63) is 0 Å². The molecule has 0 amide bonds. The van der Waals surface area contributed by atoms with Crippen LogP contribution in [0.3, 0.4) is 0 Å². The fraction of sp³-hybridized carbons (Fsp3) is 0.933. The Morgan fingerprint density at radius 1 is 1.06 bits per heavy atom. The molecular formula is C15H29NO. The third kappa shape index (κ3) is 3.31. The van der Waals surface area contributed by atoms with Crippen LogP contribution in [0, 0.1) is 0 Å². The predicted octanol–water partition coefficient (Wildman–Crippen LogP) is 3.79. The van der Waals surface area contributed by atoms with E-state index in [1.165, 1.54) is 25.7 Å². The Balaban J connectivity index is 2.64. The minimum Gasteiger partial charge on any atom is -0.298 e. The Morgan fingerprint density at radius 2 is 1.65 bits per heavy atom. The number of nitrogens with zero attached hydrogens (tertiary/aromatic N) is 1. The molecule has 2 nitrogen and oxygen atoms in total. The highest BCUT2D eigenvalue weighted by atomic mass is 16.1. The maximum Gasteiger partial charge on any atom is 0.153 e. The van der Waals surface area contributed by atoms with E-state index in [1.807, 2.05) is 0 Å². The monoisotopic (exact) mass is 239 g/mol. The minimum absolute atomic E-state index is 0.135. The highest BCUT2D eigenvalue weighted by Gasteiger charge is 2.40. The van der Waals surface area contributed by atoms with Gasteiger partial charge < -0.3 is 0 Å². The molecule has 1 saturated heterocycles. The highest BCUT2D eigenvalue weighted by molar-refractivity contribution is 5.88. The van der Waals surface area contributed by atoms with E-state index < -0.39 is 0 Å². The zero-order valence-corrected chi connectivity index (χ0v) is 11.9. The second kappa shape index (κ2) is 7.15. The van der Waals surface area contributed by atoms with Crippen molar-refractivity contribution in [1.29, 1.82) is 0 Å². The zero-order valence-electron chi connectivity index (χ0n) is 11.9. The first-order valence-corrected chi connectivity index (χ1v) is 7.49. The van der Waals surface area contributed by atoms with Crippen LogP contribution in [0.5, 0.6) is 0 Å². The molecule has 0 spiro atoms. The van der Waals surface area contributed by atoms with Crippen molar-refractivity contribution in [3.8, 4) is 0 Å². The van der Waals surface area contributed by atoms with E-state index in [9.17, 15) is 4.79 Å². The number of Topliss-reactive ketones (excluding diaryl/α,β-unsaturated/α-hetero) is 1. The van der Waals surface area contributed by atoms with Gasteiger partial charge in [-0.15, -0.1) is 0 Å². The van der Waals surface area contributed by atoms with E-state index in [4.69, 9.17) is 0 Å². The average molecular weight is 239 g/mol. The van der Waals surface area contributed by atoms with Crippen LogP contribution in [-0.2, 0) is 4.79 Å². The lowest BCUT2D eigenvalue weighted by atomic mass is 9.83. The molecule has 0 aromatic heterocycles. The Bertz CT molecular complexity index is 227. The second-order valence-electron chi connectivity index (χ2n) is 5.31. The quantitative estimate of drug-likeness (QED) is 0.601. The maximum absolute atomic E-state index is 12.5. The molecule has 0 N–H and O–H groups in total. The smallest absolute Gasteiger partial charge is 0.153 e. The molecule has 2 heteroatoms. The predicted molar refractivity (Wildman–Crippen MR) is 73.3 cm³/mol. The molecule has 17 heavy (non-hydrogen) atoms. The molecule has 1 rings (SSSR count). The molecule has 0 saturated carbocycles. The molecule has 0 bridgehead atoms. The summed E-state index contributed by atoms with van der Waals surface area (Å²) in [7, 11) is 0. The van der Waals surface area contributed by atoms with Gasteiger partial charge in [0.15, 0.2) is 5.78 Å². The van der Waals surface area contributed by atoms with Crippen LogP contribution in [0.25, 0.3) is 0 Å². The number of hydrogen-bond acceptors (Lipinski definition) is 2. The van der Waals surface area contributed by atoms with Gasteiger partial charge in [0.2, 0.25) is 0 Å². The third-order valence-corrected chi connectivity index (χ3v) is 4.41. The standard InChI is InChI=1S/C15H29NO/c1-4-7-8-11-14(17)15(5-2,6-3)16-12-9-10-13-16/h4-13H2,1-3H3. The number of carbonyl (C=O) groups is 1. The number of unbranched alkanes of at least 4 members (excludes halogenated alkanes) is 2. The lowest BCUT2D eigenvalue weighted by Crippen LogP contribution is -2.52. The molecule has 0 unspecified atom stereocenters. The number of carbonyl (C=O) groups excluding carboxylic acids is 1. The molecule has 0 radical (unpaired) electrons. The molecular weight excluding hydrogens is 210 g/mol. The van der Waals surface area contributed by atoms with Gasteiger partial charge in [-0.05, 0) is 45.2 Å². The third-order valence-electron chi connectivity index (χ3n) is 4.41. The largest absolute Gasteiger partial charge is 0.298 e. The Hall–Kier alpha value is -0.370. The molecule has 1 aliphatic rings. The van der Waals surface area contributed by atoms with Crippen molar-refractivity contribution >= 4 is 5.78 Å². The summed E-state index contributed by atoms with van der Waals surface area (Å²) in [5, 5.41) is 0. The Morgan fingerprint density at radius 3 is 2.12 bits per heavy atom. The maximum atomic E-state index is 12.5.